The Morgan fingerprint density at radius 3 is 3.14 bits per heavy atom. The molecule has 0 bridgehead atoms. The fourth-order valence-electron chi connectivity index (χ4n) is 2.48. The summed E-state index contributed by atoms with van der Waals surface area (Å²) in [6.45, 7) is 2.19. The first-order valence-electron chi connectivity index (χ1n) is 5.51. The number of rotatable bonds is 2. The highest BCUT2D eigenvalue weighted by molar-refractivity contribution is 5.10. The Balaban J connectivity index is 2.15. The van der Waals surface area contributed by atoms with Crippen LogP contribution < -0.4 is 0 Å². The summed E-state index contributed by atoms with van der Waals surface area (Å²) < 4.78 is 5.32. The highest BCUT2D eigenvalue weighted by Crippen LogP contribution is 2.40. The maximum Gasteiger partial charge on any atom is 0.135 e. The van der Waals surface area contributed by atoms with Crippen molar-refractivity contribution in [3.63, 3.8) is 0 Å². The van der Waals surface area contributed by atoms with Crippen molar-refractivity contribution in [2.75, 3.05) is 0 Å². The van der Waals surface area contributed by atoms with Crippen molar-refractivity contribution in [3.05, 3.63) is 24.2 Å². The Kier molecular flexibility index (Phi) is 2.64. The second-order valence-electron chi connectivity index (χ2n) is 4.38. The fourth-order valence-corrected chi connectivity index (χ4v) is 2.48. The first-order chi connectivity index (χ1) is 6.74. The highest BCUT2D eigenvalue weighted by atomic mass is 16.4. The van der Waals surface area contributed by atoms with Crippen molar-refractivity contribution in [1.29, 1.82) is 0 Å². The topological polar surface area (TPSA) is 33.4 Å². The maximum absolute atomic E-state index is 10.4. The number of hydrogen-bond acceptors (Lipinski definition) is 2. The molecule has 1 aliphatic carbocycles. The molecule has 14 heavy (non-hydrogen) atoms. The van der Waals surface area contributed by atoms with Gasteiger partial charge in [0.15, 0.2) is 0 Å². The monoisotopic (exact) mass is 194 g/mol. The normalized spacial score (nSPS) is 33.1. The van der Waals surface area contributed by atoms with Crippen LogP contribution in [0.3, 0.4) is 0 Å². The van der Waals surface area contributed by atoms with Crippen LogP contribution in [0.1, 0.15) is 44.8 Å². The van der Waals surface area contributed by atoms with Crippen LogP contribution in [0.15, 0.2) is 22.8 Å². The number of furan rings is 1. The Hall–Kier alpha value is -0.760. The van der Waals surface area contributed by atoms with E-state index in [-0.39, 0.29) is 0 Å². The van der Waals surface area contributed by atoms with E-state index in [4.69, 9.17) is 4.42 Å². The van der Waals surface area contributed by atoms with E-state index in [0.29, 0.717) is 5.92 Å². The zero-order chi connectivity index (χ0) is 10.0. The molecular weight excluding hydrogens is 176 g/mol. The molecular formula is C12H18O2. The number of hydrogen-bond donors (Lipinski definition) is 1. The highest BCUT2D eigenvalue weighted by Gasteiger charge is 2.37. The average molecular weight is 194 g/mol. The van der Waals surface area contributed by atoms with Crippen molar-refractivity contribution >= 4 is 0 Å². The van der Waals surface area contributed by atoms with Crippen molar-refractivity contribution < 1.29 is 9.52 Å². The van der Waals surface area contributed by atoms with Crippen molar-refractivity contribution in [2.45, 2.75) is 44.6 Å². The molecule has 1 heterocycles. The van der Waals surface area contributed by atoms with Crippen LogP contribution in [0.4, 0.5) is 0 Å². The summed E-state index contributed by atoms with van der Waals surface area (Å²) >= 11 is 0. The first-order valence-corrected chi connectivity index (χ1v) is 5.51. The summed E-state index contributed by atoms with van der Waals surface area (Å²) in [7, 11) is 0. The van der Waals surface area contributed by atoms with Gasteiger partial charge in [-0.15, -0.1) is 0 Å². The fraction of sp³-hybridized carbons (Fsp3) is 0.667. The van der Waals surface area contributed by atoms with E-state index in [2.05, 4.69) is 6.92 Å². The molecule has 0 spiro atoms. The predicted molar refractivity (Wildman–Crippen MR) is 54.9 cm³/mol. The lowest BCUT2D eigenvalue weighted by molar-refractivity contribution is -0.0390. The summed E-state index contributed by atoms with van der Waals surface area (Å²) in [5, 5.41) is 10.4. The zero-order valence-corrected chi connectivity index (χ0v) is 8.70. The molecule has 0 saturated heterocycles. The van der Waals surface area contributed by atoms with Crippen molar-refractivity contribution in [3.8, 4) is 0 Å². The van der Waals surface area contributed by atoms with E-state index in [0.717, 1.165) is 31.4 Å². The largest absolute Gasteiger partial charge is 0.466 e. The molecule has 1 N–H and O–H groups in total. The van der Waals surface area contributed by atoms with Gasteiger partial charge < -0.3 is 9.52 Å². The molecule has 1 aliphatic rings. The SMILES string of the molecule is CCC1CCCC(O)(c2ccco2)C1. The van der Waals surface area contributed by atoms with Gasteiger partial charge in [0.25, 0.3) is 0 Å². The Labute approximate surface area is 84.9 Å². The van der Waals surface area contributed by atoms with Crippen LogP contribution in [0.5, 0.6) is 0 Å². The third kappa shape index (κ3) is 1.71. The lowest BCUT2D eigenvalue weighted by Gasteiger charge is -2.34. The summed E-state index contributed by atoms with van der Waals surface area (Å²) in [5.74, 6) is 1.40. The van der Waals surface area contributed by atoms with Crippen molar-refractivity contribution in [2.24, 2.45) is 5.92 Å². The van der Waals surface area contributed by atoms with E-state index in [9.17, 15) is 5.11 Å². The minimum atomic E-state index is -0.692. The molecule has 2 nitrogen and oxygen atoms in total. The van der Waals surface area contributed by atoms with Crippen LogP contribution in [0.25, 0.3) is 0 Å². The van der Waals surface area contributed by atoms with Crippen LogP contribution >= 0.6 is 0 Å². The molecule has 2 unspecified atom stereocenters. The number of aliphatic hydroxyl groups is 1. The minimum Gasteiger partial charge on any atom is -0.466 e. The third-order valence-corrected chi connectivity index (χ3v) is 3.39. The molecule has 0 amide bonds. The summed E-state index contributed by atoms with van der Waals surface area (Å²) in [5.41, 5.74) is -0.692. The summed E-state index contributed by atoms with van der Waals surface area (Å²) in [6.07, 6.45) is 6.86. The van der Waals surface area contributed by atoms with Gasteiger partial charge in [-0.25, -0.2) is 0 Å². The Morgan fingerprint density at radius 2 is 2.50 bits per heavy atom. The van der Waals surface area contributed by atoms with E-state index in [1.54, 1.807) is 6.26 Å². The first kappa shape index (κ1) is 9.78. The molecule has 2 heteroatoms. The molecule has 2 atom stereocenters. The maximum atomic E-state index is 10.4. The van der Waals surface area contributed by atoms with Crippen LogP contribution in [0, 0.1) is 5.92 Å². The summed E-state index contributed by atoms with van der Waals surface area (Å²) in [4.78, 5) is 0. The van der Waals surface area contributed by atoms with E-state index >= 15 is 0 Å². The molecule has 0 aliphatic heterocycles. The average Bonchev–Trinajstić information content (AvgIpc) is 2.71. The van der Waals surface area contributed by atoms with Gasteiger partial charge >= 0.3 is 0 Å². The van der Waals surface area contributed by atoms with Crippen LogP contribution in [-0.2, 0) is 5.60 Å². The van der Waals surface area contributed by atoms with Gasteiger partial charge in [-0.3, -0.25) is 0 Å². The van der Waals surface area contributed by atoms with Gasteiger partial charge in [0.05, 0.1) is 6.26 Å². The standard InChI is InChI=1S/C12H18O2/c1-2-10-5-3-7-12(13,9-10)11-6-4-8-14-11/h4,6,8,10,13H,2-3,5,7,9H2,1H3. The van der Waals surface area contributed by atoms with Gasteiger partial charge in [0.2, 0.25) is 0 Å². The van der Waals surface area contributed by atoms with Crippen molar-refractivity contribution in [1.82, 2.24) is 0 Å². The van der Waals surface area contributed by atoms with E-state index in [1.807, 2.05) is 12.1 Å². The van der Waals surface area contributed by atoms with Gasteiger partial charge in [0.1, 0.15) is 11.4 Å². The molecule has 0 aromatic carbocycles. The van der Waals surface area contributed by atoms with Crippen LogP contribution in [-0.4, -0.2) is 5.11 Å². The third-order valence-electron chi connectivity index (χ3n) is 3.39. The lowest BCUT2D eigenvalue weighted by Crippen LogP contribution is -2.32. The molecule has 1 saturated carbocycles. The Morgan fingerprint density at radius 1 is 1.64 bits per heavy atom. The molecule has 1 aromatic heterocycles. The predicted octanol–water partition coefficient (Wildman–Crippen LogP) is 3.07. The smallest absolute Gasteiger partial charge is 0.135 e. The minimum absolute atomic E-state index is 0.652. The van der Waals surface area contributed by atoms with E-state index in [1.165, 1.54) is 6.42 Å². The van der Waals surface area contributed by atoms with Gasteiger partial charge in [-0.05, 0) is 37.3 Å². The van der Waals surface area contributed by atoms with Gasteiger partial charge in [-0.2, -0.15) is 0 Å². The second-order valence-corrected chi connectivity index (χ2v) is 4.38. The Bertz CT molecular complexity index is 279. The lowest BCUT2D eigenvalue weighted by atomic mass is 9.76. The van der Waals surface area contributed by atoms with Gasteiger partial charge in [-0.1, -0.05) is 19.8 Å². The van der Waals surface area contributed by atoms with Gasteiger partial charge in [0, 0.05) is 0 Å². The molecule has 2 rings (SSSR count). The molecule has 78 valence electrons. The quantitative estimate of drug-likeness (QED) is 0.785. The zero-order valence-electron chi connectivity index (χ0n) is 8.70. The second kappa shape index (κ2) is 3.77. The van der Waals surface area contributed by atoms with Crippen LogP contribution in [0.2, 0.25) is 0 Å². The molecule has 1 aromatic rings. The summed E-state index contributed by atoms with van der Waals surface area (Å²) in [6, 6.07) is 3.74. The van der Waals surface area contributed by atoms with E-state index < -0.39 is 5.60 Å². The molecule has 0 radical (unpaired) electrons. The molecule has 1 fully saturated rings.